The van der Waals surface area contributed by atoms with Gasteiger partial charge in [-0.05, 0) is 6.42 Å². The van der Waals surface area contributed by atoms with E-state index in [0.29, 0.717) is 12.2 Å². The van der Waals surface area contributed by atoms with Crippen LogP contribution in [0.25, 0.3) is 0 Å². The normalized spacial score (nSPS) is 24.5. The first-order chi connectivity index (χ1) is 5.00. The molecule has 0 saturated carbocycles. The number of rotatable bonds is 2. The van der Waals surface area contributed by atoms with Crippen molar-refractivity contribution in [3.05, 3.63) is 0 Å². The SMILES string of the molecule is CC(C)(C)C(=O)CC1CCO1. The molecule has 1 aliphatic rings. The second-order valence-electron chi connectivity index (χ2n) is 4.16. The minimum absolute atomic E-state index is 0.195. The third-order valence-electron chi connectivity index (χ3n) is 2.04. The number of ketones is 1. The molecule has 64 valence electrons. The molecular formula is C9H16O2. The van der Waals surface area contributed by atoms with Crippen LogP contribution in [0.3, 0.4) is 0 Å². The van der Waals surface area contributed by atoms with E-state index in [1.54, 1.807) is 0 Å². The molecule has 0 spiro atoms. The summed E-state index contributed by atoms with van der Waals surface area (Å²) in [7, 11) is 0. The zero-order valence-electron chi connectivity index (χ0n) is 7.52. The lowest BCUT2D eigenvalue weighted by Crippen LogP contribution is -2.33. The van der Waals surface area contributed by atoms with Crippen molar-refractivity contribution in [1.82, 2.24) is 0 Å². The number of Topliss-reactive ketones (excluding diaryl/α,β-unsaturated/α-hetero) is 1. The maximum Gasteiger partial charge on any atom is 0.140 e. The molecule has 1 atom stereocenters. The molecule has 0 aliphatic carbocycles. The lowest BCUT2D eigenvalue weighted by molar-refractivity contribution is -0.134. The van der Waals surface area contributed by atoms with Gasteiger partial charge in [0, 0.05) is 18.4 Å². The van der Waals surface area contributed by atoms with Gasteiger partial charge in [0.1, 0.15) is 5.78 Å². The van der Waals surface area contributed by atoms with Crippen LogP contribution in [0, 0.1) is 5.41 Å². The van der Waals surface area contributed by atoms with Crippen LogP contribution in [-0.2, 0) is 9.53 Å². The van der Waals surface area contributed by atoms with Crippen molar-refractivity contribution in [1.29, 1.82) is 0 Å². The number of carbonyl (C=O) groups excluding carboxylic acids is 1. The molecule has 11 heavy (non-hydrogen) atoms. The number of ether oxygens (including phenoxy) is 1. The molecule has 0 aromatic heterocycles. The molecule has 0 N–H and O–H groups in total. The van der Waals surface area contributed by atoms with Gasteiger partial charge in [-0.3, -0.25) is 4.79 Å². The van der Waals surface area contributed by atoms with E-state index in [4.69, 9.17) is 4.74 Å². The van der Waals surface area contributed by atoms with Crippen LogP contribution in [-0.4, -0.2) is 18.5 Å². The minimum Gasteiger partial charge on any atom is -0.378 e. The summed E-state index contributed by atoms with van der Waals surface area (Å²) in [6.07, 6.45) is 1.88. The number of carbonyl (C=O) groups is 1. The van der Waals surface area contributed by atoms with Crippen molar-refractivity contribution in [2.75, 3.05) is 6.61 Å². The second-order valence-corrected chi connectivity index (χ2v) is 4.16. The van der Waals surface area contributed by atoms with E-state index < -0.39 is 0 Å². The average molecular weight is 156 g/mol. The van der Waals surface area contributed by atoms with E-state index in [9.17, 15) is 4.79 Å². The van der Waals surface area contributed by atoms with Gasteiger partial charge >= 0.3 is 0 Å². The Kier molecular flexibility index (Phi) is 2.33. The van der Waals surface area contributed by atoms with Crippen molar-refractivity contribution in [3.8, 4) is 0 Å². The average Bonchev–Trinajstić information content (AvgIpc) is 1.75. The molecule has 1 unspecified atom stereocenters. The highest BCUT2D eigenvalue weighted by Crippen LogP contribution is 2.22. The molecule has 0 aromatic rings. The molecule has 1 aliphatic heterocycles. The third kappa shape index (κ3) is 2.29. The predicted octanol–water partition coefficient (Wildman–Crippen LogP) is 1.78. The largest absolute Gasteiger partial charge is 0.378 e. The Labute approximate surface area is 67.9 Å². The second kappa shape index (κ2) is 2.94. The topological polar surface area (TPSA) is 26.3 Å². The van der Waals surface area contributed by atoms with E-state index >= 15 is 0 Å². The Bertz CT molecular complexity index is 151. The molecule has 1 saturated heterocycles. The summed E-state index contributed by atoms with van der Waals surface area (Å²) >= 11 is 0. The van der Waals surface area contributed by atoms with Gasteiger partial charge in [0.15, 0.2) is 0 Å². The molecule has 1 fully saturated rings. The van der Waals surface area contributed by atoms with Crippen LogP contribution in [0.2, 0.25) is 0 Å². The molecule has 0 aromatic carbocycles. The monoisotopic (exact) mass is 156 g/mol. The van der Waals surface area contributed by atoms with Crippen LogP contribution in [0.1, 0.15) is 33.6 Å². The Morgan fingerprint density at radius 3 is 2.36 bits per heavy atom. The van der Waals surface area contributed by atoms with Crippen molar-refractivity contribution in [2.45, 2.75) is 39.7 Å². The maximum atomic E-state index is 11.4. The highest BCUT2D eigenvalue weighted by atomic mass is 16.5. The first-order valence-electron chi connectivity index (χ1n) is 4.15. The van der Waals surface area contributed by atoms with E-state index in [-0.39, 0.29) is 11.5 Å². The lowest BCUT2D eigenvalue weighted by atomic mass is 9.86. The maximum absolute atomic E-state index is 11.4. The quantitative estimate of drug-likeness (QED) is 0.609. The summed E-state index contributed by atoms with van der Waals surface area (Å²) < 4.78 is 5.18. The Morgan fingerprint density at radius 2 is 2.09 bits per heavy atom. The van der Waals surface area contributed by atoms with Crippen LogP contribution in [0.15, 0.2) is 0 Å². The molecule has 0 amide bonds. The van der Waals surface area contributed by atoms with Crippen LogP contribution in [0.5, 0.6) is 0 Å². The van der Waals surface area contributed by atoms with Gasteiger partial charge in [0.2, 0.25) is 0 Å². The fourth-order valence-electron chi connectivity index (χ4n) is 0.958. The summed E-state index contributed by atoms with van der Waals surface area (Å²) in [5, 5.41) is 0. The van der Waals surface area contributed by atoms with Gasteiger partial charge in [-0.2, -0.15) is 0 Å². The van der Waals surface area contributed by atoms with Gasteiger partial charge in [0.25, 0.3) is 0 Å². The zero-order chi connectivity index (χ0) is 8.48. The van der Waals surface area contributed by atoms with Crippen molar-refractivity contribution >= 4 is 5.78 Å². The summed E-state index contributed by atoms with van der Waals surface area (Å²) in [6, 6.07) is 0. The summed E-state index contributed by atoms with van der Waals surface area (Å²) in [6.45, 7) is 6.69. The van der Waals surface area contributed by atoms with Gasteiger partial charge in [-0.25, -0.2) is 0 Å². The first kappa shape index (κ1) is 8.72. The highest BCUT2D eigenvalue weighted by molar-refractivity contribution is 5.84. The number of hydrogen-bond acceptors (Lipinski definition) is 2. The molecule has 2 nitrogen and oxygen atoms in total. The standard InChI is InChI=1S/C9H16O2/c1-9(2,3)8(10)6-7-4-5-11-7/h7H,4-6H2,1-3H3. The van der Waals surface area contributed by atoms with Crippen LogP contribution in [0.4, 0.5) is 0 Å². The molecule has 1 rings (SSSR count). The Balaban J connectivity index is 2.30. The van der Waals surface area contributed by atoms with Crippen molar-refractivity contribution in [2.24, 2.45) is 5.41 Å². The molecule has 0 radical (unpaired) electrons. The van der Waals surface area contributed by atoms with Crippen LogP contribution < -0.4 is 0 Å². The summed E-state index contributed by atoms with van der Waals surface area (Å²) in [4.78, 5) is 11.4. The van der Waals surface area contributed by atoms with Gasteiger partial charge < -0.3 is 4.74 Å². The summed E-state index contributed by atoms with van der Waals surface area (Å²) in [5.41, 5.74) is -0.195. The van der Waals surface area contributed by atoms with Gasteiger partial charge in [0.05, 0.1) is 6.10 Å². The summed E-state index contributed by atoms with van der Waals surface area (Å²) in [5.74, 6) is 0.308. The molecule has 2 heteroatoms. The number of hydrogen-bond donors (Lipinski definition) is 0. The first-order valence-corrected chi connectivity index (χ1v) is 4.15. The molecule has 1 heterocycles. The zero-order valence-corrected chi connectivity index (χ0v) is 7.52. The van der Waals surface area contributed by atoms with E-state index in [1.807, 2.05) is 20.8 Å². The van der Waals surface area contributed by atoms with Crippen LogP contribution >= 0.6 is 0 Å². The highest BCUT2D eigenvalue weighted by Gasteiger charge is 2.27. The van der Waals surface area contributed by atoms with Gasteiger partial charge in [-0.15, -0.1) is 0 Å². The fourth-order valence-corrected chi connectivity index (χ4v) is 0.958. The molecule has 0 bridgehead atoms. The van der Waals surface area contributed by atoms with E-state index in [0.717, 1.165) is 13.0 Å². The van der Waals surface area contributed by atoms with Crippen molar-refractivity contribution in [3.63, 3.8) is 0 Å². The van der Waals surface area contributed by atoms with Crippen molar-refractivity contribution < 1.29 is 9.53 Å². The Morgan fingerprint density at radius 1 is 1.55 bits per heavy atom. The molecular weight excluding hydrogens is 140 g/mol. The van der Waals surface area contributed by atoms with E-state index in [1.165, 1.54) is 0 Å². The minimum atomic E-state index is -0.195. The smallest absolute Gasteiger partial charge is 0.140 e. The predicted molar refractivity (Wildman–Crippen MR) is 43.4 cm³/mol. The lowest BCUT2D eigenvalue weighted by Gasteiger charge is -2.28. The van der Waals surface area contributed by atoms with Gasteiger partial charge in [-0.1, -0.05) is 20.8 Å². The fraction of sp³-hybridized carbons (Fsp3) is 0.889. The Hall–Kier alpha value is -0.370. The van der Waals surface area contributed by atoms with E-state index in [2.05, 4.69) is 0 Å². The third-order valence-corrected chi connectivity index (χ3v) is 2.04.